The Bertz CT molecular complexity index is 1260. The first-order chi connectivity index (χ1) is 20.6. The minimum Gasteiger partial charge on any atom is -0.468 e. The predicted molar refractivity (Wildman–Crippen MR) is 165 cm³/mol. The molecule has 0 unspecified atom stereocenters. The van der Waals surface area contributed by atoms with E-state index in [1.165, 1.54) is 14.0 Å². The second kappa shape index (κ2) is 19.1. The highest BCUT2D eigenvalue weighted by atomic mass is 127. The molecular weight excluding hydrogens is 673 g/mol. The standard InChI is InChI=1S/C29H36IN5O8/c1-19(34-29(41)43-18-20-10-4-3-5-11-20)26(38)35-23(28(40)33-17-25(37)42-2)14-8-9-15-31-24(36)16-32-27(39)21-12-6-7-13-22(21)30/h3-7,10-13,19,23H,8-9,14-18H2,1-2H3,(H,31,36)(H,32,39)(H,33,40)(H,34,41)(H,35,38)/t19-,23-/m0/s1. The smallest absolute Gasteiger partial charge is 0.408 e. The zero-order valence-corrected chi connectivity index (χ0v) is 26.1. The van der Waals surface area contributed by atoms with Gasteiger partial charge in [0.15, 0.2) is 0 Å². The molecule has 13 nitrogen and oxygen atoms in total. The molecule has 0 fully saturated rings. The molecule has 2 aromatic rings. The lowest BCUT2D eigenvalue weighted by molar-refractivity contribution is -0.141. The van der Waals surface area contributed by atoms with Crippen LogP contribution in [0.1, 0.15) is 42.1 Å². The molecule has 0 aliphatic carbocycles. The first-order valence-corrected chi connectivity index (χ1v) is 14.6. The number of rotatable bonds is 16. The molecule has 5 N–H and O–H groups in total. The number of benzene rings is 2. The molecule has 0 bridgehead atoms. The Labute approximate surface area is 263 Å². The van der Waals surface area contributed by atoms with E-state index in [1.54, 1.807) is 42.5 Å². The van der Waals surface area contributed by atoms with Crippen molar-refractivity contribution in [3.63, 3.8) is 0 Å². The van der Waals surface area contributed by atoms with Gasteiger partial charge in [0.05, 0.1) is 19.2 Å². The van der Waals surface area contributed by atoms with Crippen molar-refractivity contribution in [2.45, 2.75) is 44.9 Å². The summed E-state index contributed by atoms with van der Waals surface area (Å²) in [7, 11) is 1.18. The third kappa shape index (κ3) is 13.5. The molecule has 232 valence electrons. The number of carbonyl (C=O) groups excluding carboxylic acids is 6. The molecular formula is C29H36IN5O8. The van der Waals surface area contributed by atoms with Gasteiger partial charge in [-0.1, -0.05) is 42.5 Å². The van der Waals surface area contributed by atoms with Crippen LogP contribution in [0, 0.1) is 3.57 Å². The summed E-state index contributed by atoms with van der Waals surface area (Å²) >= 11 is 2.04. The van der Waals surface area contributed by atoms with Crippen LogP contribution in [0.4, 0.5) is 4.79 Å². The van der Waals surface area contributed by atoms with E-state index in [0.717, 1.165) is 9.13 Å². The van der Waals surface area contributed by atoms with Gasteiger partial charge in [-0.3, -0.25) is 24.0 Å². The Balaban J connectivity index is 1.79. The van der Waals surface area contributed by atoms with E-state index in [9.17, 15) is 28.8 Å². The summed E-state index contributed by atoms with van der Waals surface area (Å²) in [6.07, 6.45) is 0.269. The van der Waals surface area contributed by atoms with Crippen molar-refractivity contribution in [1.29, 1.82) is 0 Å². The van der Waals surface area contributed by atoms with Crippen molar-refractivity contribution in [1.82, 2.24) is 26.6 Å². The molecule has 43 heavy (non-hydrogen) atoms. The summed E-state index contributed by atoms with van der Waals surface area (Å²) in [6.45, 7) is 1.15. The average Bonchev–Trinajstić information content (AvgIpc) is 3.01. The number of amides is 5. The van der Waals surface area contributed by atoms with E-state index in [4.69, 9.17) is 4.74 Å². The van der Waals surface area contributed by atoms with Crippen molar-refractivity contribution < 1.29 is 38.2 Å². The zero-order valence-electron chi connectivity index (χ0n) is 23.9. The summed E-state index contributed by atoms with van der Waals surface area (Å²) in [6, 6.07) is 14.0. The Morgan fingerprint density at radius 3 is 2.21 bits per heavy atom. The Morgan fingerprint density at radius 1 is 0.814 bits per heavy atom. The normalized spacial score (nSPS) is 11.7. The molecule has 0 heterocycles. The Morgan fingerprint density at radius 2 is 1.51 bits per heavy atom. The molecule has 0 saturated heterocycles. The Hall–Kier alpha value is -4.21. The maximum atomic E-state index is 12.7. The second-order valence-corrected chi connectivity index (χ2v) is 10.5. The molecule has 0 radical (unpaired) electrons. The van der Waals surface area contributed by atoms with Gasteiger partial charge < -0.3 is 36.1 Å². The van der Waals surface area contributed by atoms with Crippen LogP contribution in [-0.2, 0) is 35.3 Å². The second-order valence-electron chi connectivity index (χ2n) is 9.29. The topological polar surface area (TPSA) is 181 Å². The van der Waals surface area contributed by atoms with Gasteiger partial charge in [-0.15, -0.1) is 0 Å². The van der Waals surface area contributed by atoms with Gasteiger partial charge in [-0.2, -0.15) is 0 Å². The monoisotopic (exact) mass is 709 g/mol. The highest BCUT2D eigenvalue weighted by Crippen LogP contribution is 2.11. The number of unbranched alkanes of at least 4 members (excludes halogenated alkanes) is 1. The maximum absolute atomic E-state index is 12.7. The van der Waals surface area contributed by atoms with Crippen molar-refractivity contribution in [3.05, 3.63) is 69.3 Å². The van der Waals surface area contributed by atoms with Crippen LogP contribution in [0.5, 0.6) is 0 Å². The lowest BCUT2D eigenvalue weighted by Crippen LogP contribution is -2.53. The van der Waals surface area contributed by atoms with Crippen LogP contribution in [-0.4, -0.2) is 74.5 Å². The zero-order chi connectivity index (χ0) is 31.6. The fourth-order valence-corrected chi connectivity index (χ4v) is 4.22. The van der Waals surface area contributed by atoms with Crippen LogP contribution in [0.25, 0.3) is 0 Å². The summed E-state index contributed by atoms with van der Waals surface area (Å²) in [5.74, 6) is -2.64. The molecule has 0 aromatic heterocycles. The average molecular weight is 710 g/mol. The highest BCUT2D eigenvalue weighted by molar-refractivity contribution is 14.1. The maximum Gasteiger partial charge on any atom is 0.408 e. The van der Waals surface area contributed by atoms with Crippen LogP contribution in [0.15, 0.2) is 54.6 Å². The minimum atomic E-state index is -1.02. The van der Waals surface area contributed by atoms with E-state index < -0.39 is 36.0 Å². The molecule has 0 saturated carbocycles. The largest absolute Gasteiger partial charge is 0.468 e. The third-order valence-corrected chi connectivity index (χ3v) is 6.92. The van der Waals surface area contributed by atoms with Crippen LogP contribution < -0.4 is 26.6 Å². The first-order valence-electron chi connectivity index (χ1n) is 13.5. The van der Waals surface area contributed by atoms with E-state index in [2.05, 4.69) is 31.3 Å². The lowest BCUT2D eigenvalue weighted by atomic mass is 10.1. The van der Waals surface area contributed by atoms with Gasteiger partial charge in [0.1, 0.15) is 25.2 Å². The number of esters is 1. The number of alkyl carbamates (subject to hydrolysis) is 1. The third-order valence-electron chi connectivity index (χ3n) is 5.98. The molecule has 0 aliphatic rings. The molecule has 2 atom stereocenters. The number of carbonyl (C=O) groups is 6. The summed E-state index contributed by atoms with van der Waals surface area (Å²) in [5, 5.41) is 12.7. The number of halogens is 1. The molecule has 0 aliphatic heterocycles. The van der Waals surface area contributed by atoms with Crippen LogP contribution in [0.3, 0.4) is 0 Å². The quantitative estimate of drug-likeness (QED) is 0.0986. The first kappa shape index (κ1) is 35.0. The van der Waals surface area contributed by atoms with Gasteiger partial charge in [-0.25, -0.2) is 4.79 Å². The van der Waals surface area contributed by atoms with Gasteiger partial charge >= 0.3 is 12.1 Å². The molecule has 2 rings (SSSR count). The lowest BCUT2D eigenvalue weighted by Gasteiger charge is -2.21. The van der Waals surface area contributed by atoms with E-state index in [-0.39, 0.29) is 44.5 Å². The van der Waals surface area contributed by atoms with Gasteiger partial charge in [-0.05, 0) is 66.5 Å². The predicted octanol–water partition coefficient (Wildman–Crippen LogP) is 1.40. The van der Waals surface area contributed by atoms with E-state index in [0.29, 0.717) is 18.4 Å². The van der Waals surface area contributed by atoms with E-state index in [1.807, 2.05) is 34.7 Å². The van der Waals surface area contributed by atoms with Crippen LogP contribution >= 0.6 is 22.6 Å². The van der Waals surface area contributed by atoms with Crippen molar-refractivity contribution in [2.75, 3.05) is 26.7 Å². The molecule has 0 spiro atoms. The van der Waals surface area contributed by atoms with Gasteiger partial charge in [0.2, 0.25) is 17.7 Å². The molecule has 5 amide bonds. The SMILES string of the molecule is COC(=O)CNC(=O)[C@H](CCCCNC(=O)CNC(=O)c1ccccc1I)NC(=O)[C@H](C)NC(=O)OCc1ccccc1. The van der Waals surface area contributed by atoms with Crippen molar-refractivity contribution in [3.8, 4) is 0 Å². The van der Waals surface area contributed by atoms with E-state index >= 15 is 0 Å². The number of hydrogen-bond acceptors (Lipinski definition) is 8. The summed E-state index contributed by atoms with van der Waals surface area (Å²) < 4.78 is 10.4. The number of ether oxygens (including phenoxy) is 2. The Kier molecular flexibility index (Phi) is 15.5. The fourth-order valence-electron chi connectivity index (χ4n) is 3.59. The fraction of sp³-hybridized carbons (Fsp3) is 0.379. The van der Waals surface area contributed by atoms with Gasteiger partial charge in [0, 0.05) is 10.1 Å². The molecule has 14 heteroatoms. The van der Waals surface area contributed by atoms with Crippen molar-refractivity contribution >= 4 is 58.3 Å². The highest BCUT2D eigenvalue weighted by Gasteiger charge is 2.25. The van der Waals surface area contributed by atoms with Crippen molar-refractivity contribution in [2.24, 2.45) is 0 Å². The number of methoxy groups -OCH3 is 1. The van der Waals surface area contributed by atoms with Crippen LogP contribution in [0.2, 0.25) is 0 Å². The summed E-state index contributed by atoms with van der Waals surface area (Å²) in [5.41, 5.74) is 1.25. The number of nitrogens with one attached hydrogen (secondary N) is 5. The van der Waals surface area contributed by atoms with Gasteiger partial charge in [0.25, 0.3) is 5.91 Å². The number of hydrogen-bond donors (Lipinski definition) is 5. The molecule has 2 aromatic carbocycles. The summed E-state index contributed by atoms with van der Waals surface area (Å²) in [4.78, 5) is 73.4. The minimum absolute atomic E-state index is 0.0227.